The molecule has 15 heavy (non-hydrogen) atoms. The summed E-state index contributed by atoms with van der Waals surface area (Å²) in [6.07, 6.45) is 1.50. The van der Waals surface area contributed by atoms with Gasteiger partial charge in [-0.15, -0.1) is 0 Å². The predicted octanol–water partition coefficient (Wildman–Crippen LogP) is 1.59. The number of aromatic nitrogens is 2. The summed E-state index contributed by atoms with van der Waals surface area (Å²) in [6, 6.07) is 0.402. The summed E-state index contributed by atoms with van der Waals surface area (Å²) >= 11 is 5.91. The lowest BCUT2D eigenvalue weighted by molar-refractivity contribution is 0.190. The number of methoxy groups -OCH3 is 2. The maximum absolute atomic E-state index is 5.91. The van der Waals surface area contributed by atoms with E-state index in [4.69, 9.17) is 21.1 Å². The molecule has 1 heterocycles. The molecule has 1 unspecified atom stereocenters. The van der Waals surface area contributed by atoms with Crippen molar-refractivity contribution in [1.29, 1.82) is 0 Å². The van der Waals surface area contributed by atoms with Crippen LogP contribution in [0.5, 0.6) is 6.01 Å². The van der Waals surface area contributed by atoms with Crippen LogP contribution in [0.4, 0.5) is 5.82 Å². The third-order valence-electron chi connectivity index (χ3n) is 1.70. The highest BCUT2D eigenvalue weighted by atomic mass is 35.5. The van der Waals surface area contributed by atoms with Crippen LogP contribution >= 0.6 is 11.6 Å². The normalized spacial score (nSPS) is 12.3. The van der Waals surface area contributed by atoms with E-state index in [-0.39, 0.29) is 12.1 Å². The number of ether oxygens (including phenoxy) is 2. The van der Waals surface area contributed by atoms with Crippen LogP contribution in [-0.2, 0) is 4.74 Å². The Morgan fingerprint density at radius 2 is 2.27 bits per heavy atom. The van der Waals surface area contributed by atoms with E-state index in [1.54, 1.807) is 7.11 Å². The molecule has 0 bridgehead atoms. The largest absolute Gasteiger partial charge is 0.467 e. The molecule has 1 rings (SSSR count). The Bertz CT molecular complexity index is 322. The maximum atomic E-state index is 5.91. The number of nitrogens with zero attached hydrogens (tertiary/aromatic N) is 2. The molecular formula is C9H14ClN3O2. The molecule has 0 aliphatic rings. The molecule has 0 spiro atoms. The van der Waals surface area contributed by atoms with Crippen molar-refractivity contribution in [1.82, 2.24) is 9.97 Å². The van der Waals surface area contributed by atoms with Crippen LogP contribution in [0.3, 0.4) is 0 Å². The minimum atomic E-state index is 0.118. The van der Waals surface area contributed by atoms with Crippen molar-refractivity contribution < 1.29 is 9.47 Å². The topological polar surface area (TPSA) is 56.3 Å². The second-order valence-corrected chi connectivity index (χ2v) is 3.46. The number of hydrogen-bond acceptors (Lipinski definition) is 5. The van der Waals surface area contributed by atoms with Gasteiger partial charge < -0.3 is 14.8 Å². The lowest BCUT2D eigenvalue weighted by atomic mass is 10.3. The number of nitrogens with one attached hydrogen (secondary N) is 1. The third-order valence-corrected chi connectivity index (χ3v) is 1.98. The van der Waals surface area contributed by atoms with Gasteiger partial charge in [0.2, 0.25) is 0 Å². The molecule has 0 aromatic carbocycles. The van der Waals surface area contributed by atoms with Crippen LogP contribution in [0, 0.1) is 0 Å². The smallest absolute Gasteiger partial charge is 0.318 e. The Morgan fingerprint density at radius 3 is 2.87 bits per heavy atom. The minimum Gasteiger partial charge on any atom is -0.467 e. The van der Waals surface area contributed by atoms with Gasteiger partial charge in [-0.3, -0.25) is 0 Å². The molecule has 0 fully saturated rings. The fraction of sp³-hybridized carbons (Fsp3) is 0.556. The van der Waals surface area contributed by atoms with Gasteiger partial charge in [-0.05, 0) is 6.92 Å². The lowest BCUT2D eigenvalue weighted by Crippen LogP contribution is -2.21. The first-order valence-corrected chi connectivity index (χ1v) is 4.87. The molecule has 0 saturated carbocycles. The summed E-state index contributed by atoms with van der Waals surface area (Å²) in [5.41, 5.74) is 0. The summed E-state index contributed by atoms with van der Waals surface area (Å²) < 4.78 is 9.89. The third kappa shape index (κ3) is 3.53. The minimum absolute atomic E-state index is 0.118. The molecular weight excluding hydrogens is 218 g/mol. The second-order valence-electron chi connectivity index (χ2n) is 3.05. The Hall–Kier alpha value is -1.07. The van der Waals surface area contributed by atoms with E-state index in [2.05, 4.69) is 15.3 Å². The summed E-state index contributed by atoms with van der Waals surface area (Å²) in [5, 5.41) is 3.55. The van der Waals surface area contributed by atoms with Crippen LogP contribution in [0.2, 0.25) is 5.02 Å². The van der Waals surface area contributed by atoms with Crippen LogP contribution < -0.4 is 10.1 Å². The fourth-order valence-electron chi connectivity index (χ4n) is 1.08. The van der Waals surface area contributed by atoms with Gasteiger partial charge >= 0.3 is 6.01 Å². The number of rotatable bonds is 5. The zero-order valence-corrected chi connectivity index (χ0v) is 9.71. The van der Waals surface area contributed by atoms with Crippen molar-refractivity contribution >= 4 is 17.4 Å². The summed E-state index contributed by atoms with van der Waals surface area (Å²) in [6.45, 7) is 2.54. The number of hydrogen-bond donors (Lipinski definition) is 1. The van der Waals surface area contributed by atoms with Crippen molar-refractivity contribution in [2.75, 3.05) is 26.1 Å². The van der Waals surface area contributed by atoms with Gasteiger partial charge in [0.25, 0.3) is 0 Å². The molecule has 0 saturated heterocycles. The zero-order chi connectivity index (χ0) is 11.3. The average Bonchev–Trinajstić information content (AvgIpc) is 2.21. The average molecular weight is 232 g/mol. The molecule has 1 aromatic heterocycles. The molecule has 0 amide bonds. The first kappa shape index (κ1) is 12.0. The van der Waals surface area contributed by atoms with E-state index < -0.39 is 0 Å². The van der Waals surface area contributed by atoms with Crippen molar-refractivity contribution in [3.8, 4) is 6.01 Å². The first-order valence-electron chi connectivity index (χ1n) is 4.49. The lowest BCUT2D eigenvalue weighted by Gasteiger charge is -2.14. The molecule has 84 valence electrons. The predicted molar refractivity (Wildman–Crippen MR) is 58.6 cm³/mol. The first-order chi connectivity index (χ1) is 7.17. The SMILES string of the molecule is COCC(C)Nc1nc(OC)ncc1Cl. The fourth-order valence-corrected chi connectivity index (χ4v) is 1.22. The molecule has 0 radical (unpaired) electrons. The highest BCUT2D eigenvalue weighted by Gasteiger charge is 2.08. The van der Waals surface area contributed by atoms with Crippen LogP contribution in [-0.4, -0.2) is 36.8 Å². The summed E-state index contributed by atoms with van der Waals surface area (Å²) in [7, 11) is 3.14. The van der Waals surface area contributed by atoms with Crippen molar-refractivity contribution in [2.45, 2.75) is 13.0 Å². The molecule has 0 aliphatic heterocycles. The number of halogens is 1. The molecule has 0 aliphatic carbocycles. The van der Waals surface area contributed by atoms with Gasteiger partial charge in [-0.2, -0.15) is 4.98 Å². The van der Waals surface area contributed by atoms with Gasteiger partial charge in [-0.25, -0.2) is 4.98 Å². The Balaban J connectivity index is 2.74. The molecule has 1 N–H and O–H groups in total. The Labute approximate surface area is 93.8 Å². The summed E-state index contributed by atoms with van der Waals surface area (Å²) in [4.78, 5) is 7.96. The van der Waals surface area contributed by atoms with Gasteiger partial charge in [-0.1, -0.05) is 11.6 Å². The summed E-state index contributed by atoms with van der Waals surface area (Å²) in [5.74, 6) is 0.549. The van der Waals surface area contributed by atoms with Crippen molar-refractivity contribution in [3.05, 3.63) is 11.2 Å². The van der Waals surface area contributed by atoms with Crippen LogP contribution in [0.25, 0.3) is 0 Å². The van der Waals surface area contributed by atoms with Gasteiger partial charge in [0, 0.05) is 13.2 Å². The highest BCUT2D eigenvalue weighted by Crippen LogP contribution is 2.20. The van der Waals surface area contributed by atoms with E-state index in [0.29, 0.717) is 17.4 Å². The Kier molecular flexibility index (Phi) is 4.58. The van der Waals surface area contributed by atoms with E-state index in [9.17, 15) is 0 Å². The van der Waals surface area contributed by atoms with Crippen molar-refractivity contribution in [3.63, 3.8) is 0 Å². The van der Waals surface area contributed by atoms with Gasteiger partial charge in [0.1, 0.15) is 5.02 Å². The Morgan fingerprint density at radius 1 is 1.53 bits per heavy atom. The van der Waals surface area contributed by atoms with Crippen molar-refractivity contribution in [2.24, 2.45) is 0 Å². The molecule has 5 nitrogen and oxygen atoms in total. The van der Waals surface area contributed by atoms with Crippen LogP contribution in [0.1, 0.15) is 6.92 Å². The molecule has 1 atom stereocenters. The zero-order valence-electron chi connectivity index (χ0n) is 8.95. The monoisotopic (exact) mass is 231 g/mol. The van der Waals surface area contributed by atoms with E-state index in [1.165, 1.54) is 13.3 Å². The quantitative estimate of drug-likeness (QED) is 0.834. The van der Waals surface area contributed by atoms with Gasteiger partial charge in [0.05, 0.1) is 19.9 Å². The molecule has 1 aromatic rings. The molecule has 6 heteroatoms. The van der Waals surface area contributed by atoms with E-state index in [0.717, 1.165) is 0 Å². The highest BCUT2D eigenvalue weighted by molar-refractivity contribution is 6.32. The van der Waals surface area contributed by atoms with Crippen LogP contribution in [0.15, 0.2) is 6.20 Å². The van der Waals surface area contributed by atoms with Gasteiger partial charge in [0.15, 0.2) is 5.82 Å². The number of anilines is 1. The standard InChI is InChI=1S/C9H14ClN3O2/c1-6(5-14-2)12-8-7(10)4-11-9(13-8)15-3/h4,6H,5H2,1-3H3,(H,11,12,13). The maximum Gasteiger partial charge on any atom is 0.318 e. The van der Waals surface area contributed by atoms with E-state index >= 15 is 0 Å². The van der Waals surface area contributed by atoms with E-state index in [1.807, 2.05) is 6.92 Å². The second kappa shape index (κ2) is 5.72.